The van der Waals surface area contributed by atoms with Gasteiger partial charge in [-0.1, -0.05) is 336 Å². The van der Waals surface area contributed by atoms with E-state index in [4.69, 9.17) is 9.05 Å². The minimum absolute atomic E-state index is 0.0559. The van der Waals surface area contributed by atoms with Gasteiger partial charge in [-0.15, -0.1) is 0 Å². The van der Waals surface area contributed by atoms with E-state index < -0.39 is 20.0 Å². The van der Waals surface area contributed by atoms with Crippen LogP contribution >= 0.6 is 7.82 Å². The highest BCUT2D eigenvalue weighted by Gasteiger charge is 2.28. The zero-order valence-corrected chi connectivity index (χ0v) is 57.0. The molecule has 3 N–H and O–H groups in total. The Morgan fingerprint density at radius 2 is 0.726 bits per heavy atom. The summed E-state index contributed by atoms with van der Waals surface area (Å²) in [5.74, 6) is -0.182. The number of hydrogen-bond acceptors (Lipinski definition) is 5. The number of rotatable bonds is 66. The minimum Gasteiger partial charge on any atom is -0.387 e. The molecule has 1 amide bonds. The molecule has 0 saturated heterocycles. The number of aliphatic hydroxyl groups excluding tert-OH is 1. The summed E-state index contributed by atoms with van der Waals surface area (Å²) in [6.45, 7) is 4.72. The first-order chi connectivity index (χ1) is 41.0. The lowest BCUT2D eigenvalue weighted by Crippen LogP contribution is -2.45. The fourth-order valence-corrected chi connectivity index (χ4v) is 11.3. The Morgan fingerprint density at radius 3 is 1.10 bits per heavy atom. The van der Waals surface area contributed by atoms with Gasteiger partial charge in [0.2, 0.25) is 5.91 Å². The average Bonchev–Trinajstić information content (AvgIpc) is 3.56. The van der Waals surface area contributed by atoms with Crippen LogP contribution in [0.5, 0.6) is 0 Å². The molecule has 0 spiro atoms. The highest BCUT2D eigenvalue weighted by molar-refractivity contribution is 7.47. The molecule has 0 aliphatic rings. The maximum Gasteiger partial charge on any atom is 0.472 e. The molecule has 0 heterocycles. The van der Waals surface area contributed by atoms with Gasteiger partial charge in [0.25, 0.3) is 0 Å². The third-order valence-corrected chi connectivity index (χ3v) is 17.1. The van der Waals surface area contributed by atoms with Crippen LogP contribution in [-0.4, -0.2) is 73.4 Å². The van der Waals surface area contributed by atoms with Crippen molar-refractivity contribution in [3.8, 4) is 0 Å². The van der Waals surface area contributed by atoms with Crippen molar-refractivity contribution < 1.29 is 32.9 Å². The zero-order valence-electron chi connectivity index (χ0n) is 56.1. The molecule has 0 aliphatic heterocycles. The lowest BCUT2D eigenvalue weighted by molar-refractivity contribution is -0.870. The molecule has 84 heavy (non-hydrogen) atoms. The van der Waals surface area contributed by atoms with Gasteiger partial charge in [0.1, 0.15) is 13.2 Å². The van der Waals surface area contributed by atoms with Gasteiger partial charge in [-0.05, 0) is 77.0 Å². The zero-order chi connectivity index (χ0) is 61.2. The van der Waals surface area contributed by atoms with Crippen LogP contribution in [0, 0.1) is 0 Å². The number of quaternary nitrogens is 1. The Morgan fingerprint density at radius 1 is 0.417 bits per heavy atom. The molecule has 3 unspecified atom stereocenters. The monoisotopic (exact) mass is 1200 g/mol. The van der Waals surface area contributed by atoms with Gasteiger partial charge in [0, 0.05) is 6.42 Å². The Hall–Kier alpha value is -2.32. The van der Waals surface area contributed by atoms with Crippen LogP contribution in [0.25, 0.3) is 0 Å². The van der Waals surface area contributed by atoms with E-state index in [2.05, 4.69) is 92.1 Å². The predicted octanol–water partition coefficient (Wildman–Crippen LogP) is 23.1. The van der Waals surface area contributed by atoms with E-state index >= 15 is 0 Å². The number of phosphoric ester groups is 1. The first kappa shape index (κ1) is 81.7. The standard InChI is InChI=1S/C75H139N2O6P/c1-6-8-10-12-14-16-18-20-22-24-26-28-30-31-32-33-34-35-36-37-38-39-40-41-42-43-44-45-47-49-51-53-55-57-59-61-63-65-67-69-75(79)76-73(72-83-84(80,81)82-71-70-77(3,4)5)74(78)68-66-64-62-60-58-56-54-52-50-48-46-29-27-25-23-21-19-17-15-13-11-9-7-2/h8,10,14,16,20,22,26,28,31-32,58,60,66,68,73-74,78H,6-7,9,11-13,15,17-19,21,23-25,27,29-30,33-57,59,61-65,67,69-72H2,1-5H3,(H-,76,79,80,81)/p+1/b10-8-,16-14-,22-20-,28-26-,32-31-,60-58+,68-66+. The molecule has 0 radical (unpaired) electrons. The van der Waals surface area contributed by atoms with Crippen LogP contribution in [0.2, 0.25) is 0 Å². The number of aliphatic hydroxyl groups is 1. The van der Waals surface area contributed by atoms with E-state index in [1.165, 1.54) is 244 Å². The molecule has 0 aromatic carbocycles. The van der Waals surface area contributed by atoms with Crippen LogP contribution in [-0.2, 0) is 18.4 Å². The maximum atomic E-state index is 13.1. The van der Waals surface area contributed by atoms with Gasteiger partial charge in [-0.3, -0.25) is 13.8 Å². The van der Waals surface area contributed by atoms with Crippen molar-refractivity contribution in [3.63, 3.8) is 0 Å². The third-order valence-electron chi connectivity index (χ3n) is 16.1. The molecule has 490 valence electrons. The quantitative estimate of drug-likeness (QED) is 0.0243. The van der Waals surface area contributed by atoms with Crippen molar-refractivity contribution in [1.82, 2.24) is 5.32 Å². The Labute approximate surface area is 522 Å². The lowest BCUT2D eigenvalue weighted by Gasteiger charge is -2.25. The number of carbonyl (C=O) groups is 1. The van der Waals surface area contributed by atoms with E-state index in [0.29, 0.717) is 17.4 Å². The van der Waals surface area contributed by atoms with Crippen molar-refractivity contribution >= 4 is 13.7 Å². The molecule has 0 aromatic heterocycles. The average molecular weight is 1200 g/mol. The van der Waals surface area contributed by atoms with Gasteiger partial charge in [-0.25, -0.2) is 4.57 Å². The number of amides is 1. The summed E-state index contributed by atoms with van der Waals surface area (Å²) in [5.41, 5.74) is 0. The topological polar surface area (TPSA) is 105 Å². The van der Waals surface area contributed by atoms with Crippen LogP contribution in [0.3, 0.4) is 0 Å². The van der Waals surface area contributed by atoms with E-state index in [0.717, 1.165) is 70.6 Å². The molecule has 3 atom stereocenters. The van der Waals surface area contributed by atoms with Crippen LogP contribution in [0.1, 0.15) is 335 Å². The molecular formula is C75H140N2O6P+. The molecule has 0 saturated carbocycles. The molecule has 8 nitrogen and oxygen atoms in total. The smallest absolute Gasteiger partial charge is 0.387 e. The number of likely N-dealkylation sites (N-methyl/N-ethyl adjacent to an activating group) is 1. The van der Waals surface area contributed by atoms with Crippen molar-refractivity contribution in [2.45, 2.75) is 347 Å². The van der Waals surface area contributed by atoms with Gasteiger partial charge < -0.3 is 19.8 Å². The Kier molecular flexibility index (Phi) is 63.3. The van der Waals surface area contributed by atoms with Gasteiger partial charge in [-0.2, -0.15) is 0 Å². The fourth-order valence-electron chi connectivity index (χ4n) is 10.6. The normalized spacial score (nSPS) is 14.1. The molecular weight excluding hydrogens is 1060 g/mol. The lowest BCUT2D eigenvalue weighted by atomic mass is 10.0. The third kappa shape index (κ3) is 67.2. The van der Waals surface area contributed by atoms with E-state index in [9.17, 15) is 19.4 Å². The highest BCUT2D eigenvalue weighted by atomic mass is 31.2. The summed E-state index contributed by atoms with van der Waals surface area (Å²) in [5, 5.41) is 14.0. The second kappa shape index (κ2) is 65.1. The van der Waals surface area contributed by atoms with Crippen LogP contribution in [0.4, 0.5) is 0 Å². The number of unbranched alkanes of at least 4 members (excludes halogenated alkanes) is 41. The minimum atomic E-state index is -4.36. The molecule has 0 rings (SSSR count). The number of hydrogen-bond donors (Lipinski definition) is 3. The van der Waals surface area contributed by atoms with Crippen molar-refractivity contribution in [1.29, 1.82) is 0 Å². The first-order valence-corrected chi connectivity index (χ1v) is 37.5. The largest absolute Gasteiger partial charge is 0.472 e. The summed E-state index contributed by atoms with van der Waals surface area (Å²) in [6, 6.07) is -0.866. The number of allylic oxidation sites excluding steroid dienone is 13. The van der Waals surface area contributed by atoms with E-state index in [-0.39, 0.29) is 19.1 Å². The number of carbonyl (C=O) groups excluding carboxylic acids is 1. The SMILES string of the molecule is CC/C=C\C/C=C\C/C=C\C/C=C\C/C=C\CCCCCCCCCCCCCCCCCCCCCCCCCC(=O)NC(COP(=O)(O)OCC[N+](C)(C)C)C(O)/C=C/CC/C=C/CCCCCCCCCCCCCCCCCCC. The van der Waals surface area contributed by atoms with Crippen LogP contribution in [0.15, 0.2) is 85.1 Å². The number of nitrogens with zero attached hydrogens (tertiary/aromatic N) is 1. The maximum absolute atomic E-state index is 13.1. The second-order valence-corrected chi connectivity index (χ2v) is 27.0. The van der Waals surface area contributed by atoms with Gasteiger partial charge in [0.15, 0.2) is 0 Å². The van der Waals surface area contributed by atoms with Gasteiger partial charge in [0.05, 0.1) is 39.9 Å². The van der Waals surface area contributed by atoms with Crippen molar-refractivity contribution in [3.05, 3.63) is 85.1 Å². The van der Waals surface area contributed by atoms with Gasteiger partial charge >= 0.3 is 7.82 Å². The highest BCUT2D eigenvalue weighted by Crippen LogP contribution is 2.43. The number of nitrogens with one attached hydrogen (secondary N) is 1. The Balaban J connectivity index is 4.00. The number of phosphoric acid groups is 1. The molecule has 9 heteroatoms. The van der Waals surface area contributed by atoms with E-state index in [1.807, 2.05) is 27.2 Å². The predicted molar refractivity (Wildman–Crippen MR) is 369 cm³/mol. The Bertz CT molecular complexity index is 1650. The molecule has 0 aliphatic carbocycles. The summed E-state index contributed by atoms with van der Waals surface area (Å²) in [6.07, 6.45) is 93.2. The molecule has 0 fully saturated rings. The summed E-state index contributed by atoms with van der Waals surface area (Å²) >= 11 is 0. The summed E-state index contributed by atoms with van der Waals surface area (Å²) in [4.78, 5) is 23.4. The van der Waals surface area contributed by atoms with Crippen molar-refractivity contribution in [2.24, 2.45) is 0 Å². The molecule has 0 aromatic rings. The summed E-state index contributed by atoms with van der Waals surface area (Å²) in [7, 11) is 1.56. The van der Waals surface area contributed by atoms with E-state index in [1.54, 1.807) is 6.08 Å². The second-order valence-electron chi connectivity index (χ2n) is 25.6. The molecule has 0 bridgehead atoms. The summed E-state index contributed by atoms with van der Waals surface area (Å²) < 4.78 is 23.8. The fraction of sp³-hybridized carbons (Fsp3) is 0.800. The van der Waals surface area contributed by atoms with Crippen LogP contribution < -0.4 is 5.32 Å². The first-order valence-electron chi connectivity index (χ1n) is 36.0. The van der Waals surface area contributed by atoms with Crippen molar-refractivity contribution in [2.75, 3.05) is 40.9 Å².